The first-order valence-electron chi connectivity index (χ1n) is 8.88. The second-order valence-corrected chi connectivity index (χ2v) is 7.04. The zero-order valence-corrected chi connectivity index (χ0v) is 16.0. The number of carbonyl (C=O) groups is 1. The Labute approximate surface area is 165 Å². The predicted molar refractivity (Wildman–Crippen MR) is 104 cm³/mol. The van der Waals surface area contributed by atoms with Crippen molar-refractivity contribution in [2.24, 2.45) is 0 Å². The molecule has 0 unspecified atom stereocenters. The number of carbonyl (C=O) groups excluding carboxylic acids is 1. The van der Waals surface area contributed by atoms with Crippen LogP contribution >= 0.6 is 11.6 Å². The molecule has 1 saturated heterocycles. The standard InChI is InChI=1S/C18H19ClFN7O/c1-11(28)27-4-2-26(3-5-27)10-24-18-15(20)9-23-17(25-18)14-8-22-16-13(14)6-12(19)7-21-16/h6-9H,2-5,10H2,1H3,(H,21,22)(H,23,24,25). The van der Waals surface area contributed by atoms with Crippen molar-refractivity contribution in [1.82, 2.24) is 29.7 Å². The number of nitrogens with one attached hydrogen (secondary N) is 2. The molecule has 28 heavy (non-hydrogen) atoms. The Balaban J connectivity index is 1.50. The highest BCUT2D eigenvalue weighted by Crippen LogP contribution is 2.28. The number of piperazine rings is 1. The van der Waals surface area contributed by atoms with E-state index in [9.17, 15) is 9.18 Å². The molecule has 3 aromatic rings. The van der Waals surface area contributed by atoms with Crippen LogP contribution in [0.3, 0.4) is 0 Å². The number of aromatic nitrogens is 4. The van der Waals surface area contributed by atoms with Crippen molar-refractivity contribution in [2.75, 3.05) is 38.2 Å². The molecule has 4 heterocycles. The van der Waals surface area contributed by atoms with E-state index in [1.165, 1.54) is 0 Å². The van der Waals surface area contributed by atoms with Crippen LogP contribution in [-0.4, -0.2) is 68.5 Å². The summed E-state index contributed by atoms with van der Waals surface area (Å²) in [6, 6.07) is 1.77. The number of anilines is 1. The lowest BCUT2D eigenvalue weighted by molar-refractivity contribution is -0.130. The van der Waals surface area contributed by atoms with E-state index in [2.05, 4.69) is 30.2 Å². The number of pyridine rings is 1. The van der Waals surface area contributed by atoms with Gasteiger partial charge in [0.1, 0.15) is 5.65 Å². The fourth-order valence-corrected chi connectivity index (χ4v) is 3.35. The van der Waals surface area contributed by atoms with Gasteiger partial charge >= 0.3 is 0 Å². The summed E-state index contributed by atoms with van der Waals surface area (Å²) in [4.78, 5) is 31.0. The average molecular weight is 404 g/mol. The molecule has 0 spiro atoms. The van der Waals surface area contributed by atoms with E-state index in [-0.39, 0.29) is 11.7 Å². The van der Waals surface area contributed by atoms with Crippen LogP contribution in [-0.2, 0) is 4.79 Å². The molecule has 0 saturated carbocycles. The van der Waals surface area contributed by atoms with E-state index >= 15 is 0 Å². The summed E-state index contributed by atoms with van der Waals surface area (Å²) in [6.07, 6.45) is 4.43. The molecule has 1 aliphatic heterocycles. The fraction of sp³-hybridized carbons (Fsp3) is 0.333. The third-order valence-corrected chi connectivity index (χ3v) is 4.98. The summed E-state index contributed by atoms with van der Waals surface area (Å²) in [5.41, 5.74) is 1.35. The number of nitrogens with zero attached hydrogens (tertiary/aromatic N) is 5. The van der Waals surface area contributed by atoms with Gasteiger partial charge in [-0.05, 0) is 6.07 Å². The molecule has 146 valence electrons. The zero-order valence-electron chi connectivity index (χ0n) is 15.2. The lowest BCUT2D eigenvalue weighted by atomic mass is 10.2. The van der Waals surface area contributed by atoms with E-state index < -0.39 is 5.82 Å². The molecule has 8 nitrogen and oxygen atoms in total. The number of H-pyrrole nitrogens is 1. The van der Waals surface area contributed by atoms with Gasteiger partial charge in [0.05, 0.1) is 17.9 Å². The van der Waals surface area contributed by atoms with Gasteiger partial charge in [-0.2, -0.15) is 0 Å². The molecule has 1 aliphatic rings. The van der Waals surface area contributed by atoms with E-state index in [0.717, 1.165) is 24.7 Å². The van der Waals surface area contributed by atoms with Crippen molar-refractivity contribution < 1.29 is 9.18 Å². The summed E-state index contributed by atoms with van der Waals surface area (Å²) < 4.78 is 14.2. The molecule has 10 heteroatoms. The number of fused-ring (bicyclic) bond motifs is 1. The molecule has 4 rings (SSSR count). The molecule has 0 atom stereocenters. The first kappa shape index (κ1) is 18.6. The second-order valence-electron chi connectivity index (χ2n) is 6.60. The van der Waals surface area contributed by atoms with Gasteiger partial charge in [-0.3, -0.25) is 9.69 Å². The quantitative estimate of drug-likeness (QED) is 0.695. The molecule has 0 bridgehead atoms. The van der Waals surface area contributed by atoms with Gasteiger partial charge in [0, 0.05) is 56.4 Å². The summed E-state index contributed by atoms with van der Waals surface area (Å²) in [7, 11) is 0. The number of rotatable bonds is 4. The van der Waals surface area contributed by atoms with Crippen molar-refractivity contribution in [3.63, 3.8) is 0 Å². The monoisotopic (exact) mass is 403 g/mol. The SMILES string of the molecule is CC(=O)N1CCN(CNc2nc(-c3c[nH]c4ncc(Cl)cc34)ncc2F)CC1. The van der Waals surface area contributed by atoms with Gasteiger partial charge in [-0.25, -0.2) is 19.3 Å². The van der Waals surface area contributed by atoms with Crippen LogP contribution in [0, 0.1) is 5.82 Å². The molecule has 0 radical (unpaired) electrons. The molecule has 3 aromatic heterocycles. The van der Waals surface area contributed by atoms with Crippen molar-refractivity contribution in [3.8, 4) is 11.4 Å². The zero-order chi connectivity index (χ0) is 19.7. The smallest absolute Gasteiger partial charge is 0.219 e. The van der Waals surface area contributed by atoms with Crippen molar-refractivity contribution in [1.29, 1.82) is 0 Å². The van der Waals surface area contributed by atoms with Crippen LogP contribution in [0.4, 0.5) is 10.2 Å². The molecule has 0 aliphatic carbocycles. The predicted octanol–water partition coefficient (Wildman–Crippen LogP) is 2.35. The fourth-order valence-electron chi connectivity index (χ4n) is 3.19. The Morgan fingerprint density at radius 2 is 2.07 bits per heavy atom. The molecular formula is C18H19ClFN7O. The lowest BCUT2D eigenvalue weighted by Crippen LogP contribution is -2.49. The number of hydrogen-bond donors (Lipinski definition) is 2. The summed E-state index contributed by atoms with van der Waals surface area (Å²) in [6.45, 7) is 4.77. The number of amides is 1. The highest BCUT2D eigenvalue weighted by molar-refractivity contribution is 6.31. The highest BCUT2D eigenvalue weighted by atomic mass is 35.5. The van der Waals surface area contributed by atoms with Crippen molar-refractivity contribution >= 4 is 34.4 Å². The minimum Gasteiger partial charge on any atom is -0.355 e. The minimum absolute atomic E-state index is 0.0763. The Kier molecular flexibility index (Phi) is 5.10. The maximum absolute atomic E-state index is 14.2. The van der Waals surface area contributed by atoms with Crippen LogP contribution in [0.1, 0.15) is 6.92 Å². The molecule has 2 N–H and O–H groups in total. The Bertz CT molecular complexity index is 1020. The topological polar surface area (TPSA) is 90.0 Å². The minimum atomic E-state index is -0.526. The van der Waals surface area contributed by atoms with Gasteiger partial charge in [0.15, 0.2) is 17.5 Å². The van der Waals surface area contributed by atoms with Crippen molar-refractivity contribution in [2.45, 2.75) is 6.92 Å². The van der Waals surface area contributed by atoms with Gasteiger partial charge in [0.2, 0.25) is 5.91 Å². The first-order valence-corrected chi connectivity index (χ1v) is 9.26. The average Bonchev–Trinajstić information content (AvgIpc) is 3.10. The molecule has 1 fully saturated rings. The van der Waals surface area contributed by atoms with E-state index in [0.29, 0.717) is 41.8 Å². The maximum Gasteiger partial charge on any atom is 0.219 e. The maximum atomic E-state index is 14.2. The molecule has 1 amide bonds. The van der Waals surface area contributed by atoms with E-state index in [4.69, 9.17) is 11.6 Å². The second kappa shape index (κ2) is 7.69. The van der Waals surface area contributed by atoms with Crippen LogP contribution in [0.15, 0.2) is 24.7 Å². The van der Waals surface area contributed by atoms with Gasteiger partial charge in [-0.15, -0.1) is 0 Å². The van der Waals surface area contributed by atoms with E-state index in [1.54, 1.807) is 30.3 Å². The van der Waals surface area contributed by atoms with Crippen LogP contribution in [0.2, 0.25) is 5.02 Å². The van der Waals surface area contributed by atoms with Crippen molar-refractivity contribution in [3.05, 3.63) is 35.5 Å². The van der Waals surface area contributed by atoms with E-state index in [1.807, 2.05) is 0 Å². The van der Waals surface area contributed by atoms with Gasteiger partial charge < -0.3 is 15.2 Å². The summed E-state index contributed by atoms with van der Waals surface area (Å²) in [5.74, 6) is 0.0542. The lowest BCUT2D eigenvalue weighted by Gasteiger charge is -2.34. The Hall–Kier alpha value is -2.78. The van der Waals surface area contributed by atoms with Crippen LogP contribution < -0.4 is 5.32 Å². The summed E-state index contributed by atoms with van der Waals surface area (Å²) >= 11 is 6.04. The normalized spacial score (nSPS) is 15.2. The molecular weight excluding hydrogens is 385 g/mol. The Morgan fingerprint density at radius 1 is 1.29 bits per heavy atom. The third-order valence-electron chi connectivity index (χ3n) is 4.77. The van der Waals surface area contributed by atoms with Crippen LogP contribution in [0.25, 0.3) is 22.4 Å². The number of hydrogen-bond acceptors (Lipinski definition) is 6. The third kappa shape index (κ3) is 3.76. The van der Waals surface area contributed by atoms with Gasteiger partial charge in [0.25, 0.3) is 0 Å². The highest BCUT2D eigenvalue weighted by Gasteiger charge is 2.19. The summed E-state index contributed by atoms with van der Waals surface area (Å²) in [5, 5.41) is 4.30. The Morgan fingerprint density at radius 3 is 2.82 bits per heavy atom. The first-order chi connectivity index (χ1) is 13.5. The van der Waals surface area contributed by atoms with Gasteiger partial charge in [-0.1, -0.05) is 11.6 Å². The molecule has 0 aromatic carbocycles. The van der Waals surface area contributed by atoms with Crippen LogP contribution in [0.5, 0.6) is 0 Å². The largest absolute Gasteiger partial charge is 0.355 e. The number of halogens is 2. The number of aromatic amines is 1.